The third kappa shape index (κ3) is 6.51. The van der Waals surface area contributed by atoms with Crippen LogP contribution in [0.25, 0.3) is 0 Å². The van der Waals surface area contributed by atoms with Gasteiger partial charge in [-0.15, -0.1) is 0 Å². The molecule has 2 atom stereocenters. The second kappa shape index (κ2) is 7.97. The molecule has 1 N–H and O–H groups in total. The molecule has 0 saturated carbocycles. The van der Waals surface area contributed by atoms with Crippen LogP contribution >= 0.6 is 0 Å². The lowest BCUT2D eigenvalue weighted by molar-refractivity contribution is -0.135. The Morgan fingerprint density at radius 2 is 2.23 bits per heavy atom. The van der Waals surface area contributed by atoms with E-state index < -0.39 is 6.29 Å². The van der Waals surface area contributed by atoms with Crippen molar-refractivity contribution in [3.63, 3.8) is 0 Å². The Balaban J connectivity index is 3.70. The van der Waals surface area contributed by atoms with Gasteiger partial charge in [-0.25, -0.2) is 4.79 Å². The lowest BCUT2D eigenvalue weighted by Crippen LogP contribution is -2.26. The highest BCUT2D eigenvalue weighted by atomic mass is 16.7. The van der Waals surface area contributed by atoms with Crippen molar-refractivity contribution in [2.24, 2.45) is 0 Å². The minimum absolute atomic E-state index is 0.00551. The van der Waals surface area contributed by atoms with Gasteiger partial charge in [-0.1, -0.05) is 0 Å². The standard InChI is InChI=1S/C8H15O5/c1-7(12-6-10)13-8(3-4-9)5-11-2/h7-9H,3-5H2,1-2H3. The lowest BCUT2D eigenvalue weighted by Gasteiger charge is -2.19. The molecule has 0 aliphatic rings. The van der Waals surface area contributed by atoms with Gasteiger partial charge in [0.15, 0.2) is 0 Å². The predicted molar refractivity (Wildman–Crippen MR) is 44.7 cm³/mol. The molecule has 5 heteroatoms. The van der Waals surface area contributed by atoms with Crippen LogP contribution in [-0.2, 0) is 19.0 Å². The summed E-state index contributed by atoms with van der Waals surface area (Å²) in [6, 6.07) is 0. The second-order valence-electron chi connectivity index (χ2n) is 2.49. The molecule has 0 rings (SSSR count). The van der Waals surface area contributed by atoms with E-state index in [1.54, 1.807) is 6.92 Å². The topological polar surface area (TPSA) is 65.0 Å². The molecule has 0 amide bonds. The van der Waals surface area contributed by atoms with Crippen molar-refractivity contribution in [1.82, 2.24) is 0 Å². The molecule has 0 bridgehead atoms. The first-order valence-electron chi connectivity index (χ1n) is 4.02. The summed E-state index contributed by atoms with van der Waals surface area (Å²) in [5, 5.41) is 8.65. The first-order chi connectivity index (χ1) is 6.24. The molecule has 2 unspecified atom stereocenters. The Morgan fingerprint density at radius 3 is 2.69 bits per heavy atom. The van der Waals surface area contributed by atoms with Gasteiger partial charge in [0.05, 0.1) is 12.7 Å². The highest BCUT2D eigenvalue weighted by molar-refractivity contribution is 5.38. The number of aliphatic hydroxyl groups excluding tert-OH is 1. The van der Waals surface area contributed by atoms with Crippen molar-refractivity contribution in [3.8, 4) is 0 Å². The largest absolute Gasteiger partial charge is 0.428 e. The molecular weight excluding hydrogens is 176 g/mol. The van der Waals surface area contributed by atoms with E-state index in [1.165, 1.54) is 13.6 Å². The summed E-state index contributed by atoms with van der Waals surface area (Å²) >= 11 is 0. The van der Waals surface area contributed by atoms with Crippen molar-refractivity contribution in [3.05, 3.63) is 0 Å². The number of ether oxygens (including phenoxy) is 3. The zero-order chi connectivity index (χ0) is 10.1. The van der Waals surface area contributed by atoms with Gasteiger partial charge >= 0.3 is 6.47 Å². The molecule has 1 radical (unpaired) electrons. The summed E-state index contributed by atoms with van der Waals surface area (Å²) in [5.74, 6) is 0. The molecule has 0 aromatic rings. The average molecular weight is 191 g/mol. The Bertz CT molecular complexity index is 122. The van der Waals surface area contributed by atoms with Crippen LogP contribution in [0.4, 0.5) is 0 Å². The van der Waals surface area contributed by atoms with E-state index >= 15 is 0 Å². The van der Waals surface area contributed by atoms with Gasteiger partial charge in [-0.2, -0.15) is 0 Å². The number of carbonyl (C=O) groups excluding carboxylic acids is 1. The molecule has 0 aromatic carbocycles. The second-order valence-corrected chi connectivity index (χ2v) is 2.49. The van der Waals surface area contributed by atoms with Crippen molar-refractivity contribution in [2.75, 3.05) is 20.3 Å². The maximum atomic E-state index is 9.80. The number of hydrogen-bond donors (Lipinski definition) is 1. The molecule has 0 fully saturated rings. The fourth-order valence-electron chi connectivity index (χ4n) is 0.887. The van der Waals surface area contributed by atoms with Gasteiger partial charge in [0.2, 0.25) is 6.29 Å². The summed E-state index contributed by atoms with van der Waals surface area (Å²) in [6.45, 7) is 3.21. The van der Waals surface area contributed by atoms with Crippen LogP contribution < -0.4 is 0 Å². The molecule has 0 aromatic heterocycles. The minimum Gasteiger partial charge on any atom is -0.428 e. The predicted octanol–water partition coefficient (Wildman–Crippen LogP) is -0.170. The van der Waals surface area contributed by atoms with Gasteiger partial charge < -0.3 is 19.3 Å². The number of methoxy groups -OCH3 is 1. The molecule has 0 aliphatic heterocycles. The van der Waals surface area contributed by atoms with E-state index in [9.17, 15) is 4.79 Å². The minimum atomic E-state index is -0.663. The van der Waals surface area contributed by atoms with Crippen LogP contribution in [-0.4, -0.2) is 44.3 Å². The Hall–Kier alpha value is -0.650. The fourth-order valence-corrected chi connectivity index (χ4v) is 0.887. The molecule has 0 spiro atoms. The van der Waals surface area contributed by atoms with E-state index in [2.05, 4.69) is 4.74 Å². The van der Waals surface area contributed by atoms with E-state index in [-0.39, 0.29) is 12.7 Å². The third-order valence-electron chi connectivity index (χ3n) is 1.40. The highest BCUT2D eigenvalue weighted by Crippen LogP contribution is 2.03. The van der Waals surface area contributed by atoms with Gasteiger partial charge in [0.25, 0.3) is 0 Å². The average Bonchev–Trinajstić information content (AvgIpc) is 2.05. The molecular formula is C8H15O5. The van der Waals surface area contributed by atoms with Crippen LogP contribution in [0.2, 0.25) is 0 Å². The summed E-state index contributed by atoms with van der Waals surface area (Å²) < 4.78 is 14.4. The summed E-state index contributed by atoms with van der Waals surface area (Å²) in [5.41, 5.74) is 0. The van der Waals surface area contributed by atoms with E-state index in [4.69, 9.17) is 14.6 Å². The maximum Gasteiger partial charge on any atom is 0.419 e. The SMILES string of the molecule is COCC(CCO)OC(C)O[C]=O. The zero-order valence-electron chi connectivity index (χ0n) is 7.86. The maximum absolute atomic E-state index is 9.80. The van der Waals surface area contributed by atoms with Crippen molar-refractivity contribution < 1.29 is 24.1 Å². The molecule has 5 nitrogen and oxygen atoms in total. The Kier molecular flexibility index (Phi) is 7.57. The van der Waals surface area contributed by atoms with Crippen LogP contribution in [0.3, 0.4) is 0 Å². The van der Waals surface area contributed by atoms with E-state index in [0.717, 1.165) is 0 Å². The zero-order valence-corrected chi connectivity index (χ0v) is 7.86. The molecule has 0 aliphatic carbocycles. The van der Waals surface area contributed by atoms with Crippen LogP contribution in [0.15, 0.2) is 0 Å². The van der Waals surface area contributed by atoms with E-state index in [1.807, 2.05) is 0 Å². The summed E-state index contributed by atoms with van der Waals surface area (Å²) in [6.07, 6.45) is -0.483. The number of aliphatic hydroxyl groups is 1. The third-order valence-corrected chi connectivity index (χ3v) is 1.40. The van der Waals surface area contributed by atoms with Gasteiger partial charge in [0.1, 0.15) is 0 Å². The number of rotatable bonds is 8. The Labute approximate surface area is 77.6 Å². The van der Waals surface area contributed by atoms with Gasteiger partial charge in [-0.3, -0.25) is 0 Å². The molecule has 77 valence electrons. The van der Waals surface area contributed by atoms with Crippen molar-refractivity contribution in [2.45, 2.75) is 25.7 Å². The van der Waals surface area contributed by atoms with Crippen LogP contribution in [0.1, 0.15) is 13.3 Å². The molecule has 0 saturated heterocycles. The lowest BCUT2D eigenvalue weighted by atomic mass is 10.3. The molecule has 0 heterocycles. The van der Waals surface area contributed by atoms with Crippen LogP contribution in [0, 0.1) is 0 Å². The monoisotopic (exact) mass is 191 g/mol. The van der Waals surface area contributed by atoms with E-state index in [0.29, 0.717) is 13.0 Å². The van der Waals surface area contributed by atoms with Crippen molar-refractivity contribution >= 4 is 6.47 Å². The summed E-state index contributed by atoms with van der Waals surface area (Å²) in [4.78, 5) is 9.80. The first-order valence-corrected chi connectivity index (χ1v) is 4.02. The highest BCUT2D eigenvalue weighted by Gasteiger charge is 2.13. The molecule has 13 heavy (non-hydrogen) atoms. The first kappa shape index (κ1) is 12.3. The quantitative estimate of drug-likeness (QED) is 0.539. The normalized spacial score (nSPS) is 15.0. The van der Waals surface area contributed by atoms with Crippen LogP contribution in [0.5, 0.6) is 0 Å². The number of hydrogen-bond acceptors (Lipinski definition) is 5. The Morgan fingerprint density at radius 1 is 1.54 bits per heavy atom. The van der Waals surface area contributed by atoms with Gasteiger partial charge in [0, 0.05) is 13.7 Å². The smallest absolute Gasteiger partial charge is 0.419 e. The fraction of sp³-hybridized carbons (Fsp3) is 0.875. The van der Waals surface area contributed by atoms with Gasteiger partial charge in [-0.05, 0) is 13.3 Å². The van der Waals surface area contributed by atoms with Crippen molar-refractivity contribution in [1.29, 1.82) is 0 Å². The summed E-state index contributed by atoms with van der Waals surface area (Å²) in [7, 11) is 1.53.